The number of para-hydroxylation sites is 1. The Hall–Kier alpha value is -2.17. The molecule has 0 aliphatic heterocycles. The van der Waals surface area contributed by atoms with Crippen LogP contribution in [0.3, 0.4) is 0 Å². The third-order valence-corrected chi connectivity index (χ3v) is 2.50. The Bertz CT molecular complexity index is 483. The summed E-state index contributed by atoms with van der Waals surface area (Å²) in [5.41, 5.74) is 0.553. The van der Waals surface area contributed by atoms with Gasteiger partial charge in [0.05, 0.1) is 11.3 Å². The molecule has 0 spiro atoms. The van der Waals surface area contributed by atoms with Gasteiger partial charge in [-0.05, 0) is 18.6 Å². The second-order valence-corrected chi connectivity index (χ2v) is 4.17. The molecule has 2 amide bonds. The van der Waals surface area contributed by atoms with Crippen molar-refractivity contribution in [2.24, 2.45) is 0 Å². The summed E-state index contributed by atoms with van der Waals surface area (Å²) in [6, 6.07) is 6.45. The number of benzene rings is 1. The van der Waals surface area contributed by atoms with Crippen molar-refractivity contribution in [1.82, 2.24) is 5.32 Å². The van der Waals surface area contributed by atoms with Crippen LogP contribution in [0.4, 0.5) is 5.69 Å². The normalized spacial score (nSPS) is 9.79. The van der Waals surface area contributed by atoms with Crippen molar-refractivity contribution in [2.45, 2.75) is 26.7 Å². The van der Waals surface area contributed by atoms with Gasteiger partial charge < -0.3 is 10.6 Å². The van der Waals surface area contributed by atoms with E-state index in [1.54, 1.807) is 18.2 Å². The third-order valence-electron chi connectivity index (χ3n) is 2.50. The molecule has 1 aromatic rings. The van der Waals surface area contributed by atoms with Gasteiger partial charge in [-0.1, -0.05) is 25.5 Å². The Balaban J connectivity index is 2.81. The maximum absolute atomic E-state index is 12.0. The molecule has 0 fully saturated rings. The molecule has 19 heavy (non-hydrogen) atoms. The number of rotatable bonds is 6. The highest BCUT2D eigenvalue weighted by atomic mass is 16.2. The Morgan fingerprint density at radius 3 is 2.47 bits per heavy atom. The minimum absolute atomic E-state index is 0.201. The molecule has 1 rings (SSSR count). The number of ketones is 1. The lowest BCUT2D eigenvalue weighted by Crippen LogP contribution is -2.32. The predicted octanol–water partition coefficient (Wildman–Crippen LogP) is 1.74. The lowest BCUT2D eigenvalue weighted by atomic mass is 10.1. The van der Waals surface area contributed by atoms with Crippen LogP contribution >= 0.6 is 0 Å². The van der Waals surface area contributed by atoms with E-state index < -0.39 is 11.7 Å². The van der Waals surface area contributed by atoms with E-state index >= 15 is 0 Å². The van der Waals surface area contributed by atoms with Crippen molar-refractivity contribution in [2.75, 3.05) is 11.9 Å². The zero-order valence-electron chi connectivity index (χ0n) is 11.2. The zero-order chi connectivity index (χ0) is 14.3. The van der Waals surface area contributed by atoms with E-state index in [0.717, 1.165) is 12.8 Å². The number of Topliss-reactive ketones (excluding diaryl/α,β-unsaturated/α-hetero) is 1. The molecule has 102 valence electrons. The van der Waals surface area contributed by atoms with E-state index in [1.165, 1.54) is 13.0 Å². The van der Waals surface area contributed by atoms with Gasteiger partial charge in [-0.3, -0.25) is 14.4 Å². The van der Waals surface area contributed by atoms with Gasteiger partial charge in [0.1, 0.15) is 0 Å². The fourth-order valence-electron chi connectivity index (χ4n) is 1.56. The number of nitrogens with one attached hydrogen (secondary N) is 2. The lowest BCUT2D eigenvalue weighted by molar-refractivity contribution is -0.117. The molecule has 0 saturated heterocycles. The van der Waals surface area contributed by atoms with Crippen molar-refractivity contribution in [3.63, 3.8) is 0 Å². The van der Waals surface area contributed by atoms with Gasteiger partial charge in [0.15, 0.2) is 0 Å². The molecule has 5 heteroatoms. The van der Waals surface area contributed by atoms with Gasteiger partial charge in [0.25, 0.3) is 11.7 Å². The lowest BCUT2D eigenvalue weighted by Gasteiger charge is -2.09. The molecule has 5 nitrogen and oxygen atoms in total. The van der Waals surface area contributed by atoms with Gasteiger partial charge in [-0.15, -0.1) is 0 Å². The molecular formula is C14H18N2O3. The van der Waals surface area contributed by atoms with Gasteiger partial charge >= 0.3 is 0 Å². The van der Waals surface area contributed by atoms with E-state index in [2.05, 4.69) is 10.6 Å². The van der Waals surface area contributed by atoms with E-state index in [9.17, 15) is 14.4 Å². The number of anilines is 1. The molecule has 0 atom stereocenters. The maximum atomic E-state index is 12.0. The molecule has 2 N–H and O–H groups in total. The monoisotopic (exact) mass is 262 g/mol. The first-order valence-corrected chi connectivity index (χ1v) is 6.25. The Morgan fingerprint density at radius 2 is 1.84 bits per heavy atom. The molecular weight excluding hydrogens is 244 g/mol. The summed E-state index contributed by atoms with van der Waals surface area (Å²) >= 11 is 0. The summed E-state index contributed by atoms with van der Waals surface area (Å²) in [5, 5.41) is 5.10. The number of hydrogen-bond acceptors (Lipinski definition) is 3. The van der Waals surface area contributed by atoms with Gasteiger partial charge in [0.2, 0.25) is 5.91 Å². The first-order valence-electron chi connectivity index (χ1n) is 6.25. The molecule has 0 aliphatic rings. The van der Waals surface area contributed by atoms with Crippen LogP contribution in [0.15, 0.2) is 24.3 Å². The summed E-state index contributed by atoms with van der Waals surface area (Å²) in [6.45, 7) is 3.83. The van der Waals surface area contributed by atoms with E-state index in [-0.39, 0.29) is 11.5 Å². The van der Waals surface area contributed by atoms with E-state index in [0.29, 0.717) is 12.2 Å². The topological polar surface area (TPSA) is 75.3 Å². The number of carbonyl (C=O) groups excluding carboxylic acids is 3. The average molecular weight is 262 g/mol. The van der Waals surface area contributed by atoms with Crippen molar-refractivity contribution in [3.05, 3.63) is 29.8 Å². The van der Waals surface area contributed by atoms with E-state index in [1.807, 2.05) is 6.92 Å². The largest absolute Gasteiger partial charge is 0.349 e. The number of amides is 2. The minimum Gasteiger partial charge on any atom is -0.349 e. The molecule has 0 heterocycles. The van der Waals surface area contributed by atoms with Crippen LogP contribution in [-0.4, -0.2) is 24.1 Å². The maximum Gasteiger partial charge on any atom is 0.292 e. The van der Waals surface area contributed by atoms with Crippen LogP contribution in [0, 0.1) is 0 Å². The summed E-state index contributed by atoms with van der Waals surface area (Å²) < 4.78 is 0. The standard InChI is InChI=1S/C14H18N2O3/c1-3-4-9-15-14(19)13(18)11-7-5-6-8-12(11)16-10(2)17/h5-8H,3-4,9H2,1-2H3,(H,15,19)(H,16,17). The Kier molecular flexibility index (Phi) is 5.73. The smallest absolute Gasteiger partial charge is 0.292 e. The average Bonchev–Trinajstić information content (AvgIpc) is 2.38. The van der Waals surface area contributed by atoms with Crippen molar-refractivity contribution >= 4 is 23.3 Å². The molecule has 0 aromatic heterocycles. The molecule has 0 bridgehead atoms. The molecule has 0 saturated carbocycles. The number of unbranched alkanes of at least 4 members (excludes halogenated alkanes) is 1. The van der Waals surface area contributed by atoms with Crippen molar-refractivity contribution in [1.29, 1.82) is 0 Å². The summed E-state index contributed by atoms with van der Waals surface area (Å²) in [6.07, 6.45) is 1.77. The molecule has 0 aliphatic carbocycles. The number of carbonyl (C=O) groups is 3. The van der Waals surface area contributed by atoms with Crippen LogP contribution < -0.4 is 10.6 Å². The molecule has 1 aromatic carbocycles. The second kappa shape index (κ2) is 7.31. The minimum atomic E-state index is -0.647. The highest BCUT2D eigenvalue weighted by Crippen LogP contribution is 2.15. The first kappa shape index (κ1) is 14.9. The highest BCUT2D eigenvalue weighted by molar-refractivity contribution is 6.44. The Labute approximate surface area is 112 Å². The fourth-order valence-corrected chi connectivity index (χ4v) is 1.56. The summed E-state index contributed by atoms with van der Waals surface area (Å²) in [5.74, 6) is -1.57. The Morgan fingerprint density at radius 1 is 1.16 bits per heavy atom. The van der Waals surface area contributed by atoms with Crippen LogP contribution in [0.1, 0.15) is 37.0 Å². The van der Waals surface area contributed by atoms with Gasteiger partial charge in [-0.2, -0.15) is 0 Å². The molecule has 0 radical (unpaired) electrons. The van der Waals surface area contributed by atoms with Gasteiger partial charge in [0, 0.05) is 13.5 Å². The predicted molar refractivity (Wildman–Crippen MR) is 73.0 cm³/mol. The van der Waals surface area contributed by atoms with Gasteiger partial charge in [-0.25, -0.2) is 0 Å². The SMILES string of the molecule is CCCCNC(=O)C(=O)c1ccccc1NC(C)=O. The fraction of sp³-hybridized carbons (Fsp3) is 0.357. The van der Waals surface area contributed by atoms with Crippen molar-refractivity contribution in [3.8, 4) is 0 Å². The van der Waals surface area contributed by atoms with Crippen LogP contribution in [0.25, 0.3) is 0 Å². The van der Waals surface area contributed by atoms with Crippen LogP contribution in [0.2, 0.25) is 0 Å². The second-order valence-electron chi connectivity index (χ2n) is 4.17. The van der Waals surface area contributed by atoms with Crippen molar-refractivity contribution < 1.29 is 14.4 Å². The van der Waals surface area contributed by atoms with Crippen LogP contribution in [-0.2, 0) is 9.59 Å². The quantitative estimate of drug-likeness (QED) is 0.466. The highest BCUT2D eigenvalue weighted by Gasteiger charge is 2.19. The number of hydrogen-bond donors (Lipinski definition) is 2. The first-order chi connectivity index (χ1) is 9.06. The van der Waals surface area contributed by atoms with Crippen LogP contribution in [0.5, 0.6) is 0 Å². The molecule has 0 unspecified atom stereocenters. The third kappa shape index (κ3) is 4.54. The summed E-state index contributed by atoms with van der Waals surface area (Å²) in [4.78, 5) is 34.7. The zero-order valence-corrected chi connectivity index (χ0v) is 11.2. The summed E-state index contributed by atoms with van der Waals surface area (Å²) in [7, 11) is 0. The van der Waals surface area contributed by atoms with E-state index in [4.69, 9.17) is 0 Å².